The fourth-order valence-electron chi connectivity index (χ4n) is 3.41. The average Bonchev–Trinajstić information content (AvgIpc) is 2.77. The molecule has 0 fully saturated rings. The van der Waals surface area contributed by atoms with E-state index in [0.717, 1.165) is 5.56 Å². The Labute approximate surface area is 168 Å². The number of benzene rings is 3. The first kappa shape index (κ1) is 18.6. The average molecular weight is 384 g/mol. The predicted molar refractivity (Wildman–Crippen MR) is 113 cm³/mol. The number of Topliss-reactive ketones (excluding diaryl/α,β-unsaturated/α-hetero) is 1. The summed E-state index contributed by atoms with van der Waals surface area (Å²) in [6.45, 7) is -0.0369. The van der Waals surface area contributed by atoms with E-state index in [2.05, 4.69) is 4.98 Å². The maximum atomic E-state index is 13.3. The number of ether oxygens (including phenoxy) is 1. The highest BCUT2D eigenvalue weighted by molar-refractivity contribution is 5.96. The second kappa shape index (κ2) is 8.10. The van der Waals surface area contributed by atoms with Crippen molar-refractivity contribution in [1.82, 2.24) is 9.55 Å². The summed E-state index contributed by atoms with van der Waals surface area (Å²) >= 11 is 0. The zero-order valence-corrected chi connectivity index (χ0v) is 16.0. The Balaban J connectivity index is 1.80. The molecule has 0 aliphatic heterocycles. The van der Waals surface area contributed by atoms with Crippen molar-refractivity contribution in [3.05, 3.63) is 106 Å². The number of hydrogen-bond donors (Lipinski definition) is 0. The lowest BCUT2D eigenvalue weighted by molar-refractivity contribution is 0.0972. The summed E-state index contributed by atoms with van der Waals surface area (Å²) in [6.07, 6.45) is 0.327. The van der Waals surface area contributed by atoms with E-state index in [9.17, 15) is 9.59 Å². The summed E-state index contributed by atoms with van der Waals surface area (Å²) in [7, 11) is 1.60. The van der Waals surface area contributed by atoms with Gasteiger partial charge in [0.15, 0.2) is 5.78 Å². The third-order valence-corrected chi connectivity index (χ3v) is 4.87. The smallest absolute Gasteiger partial charge is 0.273 e. The van der Waals surface area contributed by atoms with Gasteiger partial charge in [-0.15, -0.1) is 0 Å². The van der Waals surface area contributed by atoms with Crippen molar-refractivity contribution in [2.24, 2.45) is 0 Å². The van der Waals surface area contributed by atoms with Crippen LogP contribution < -0.4 is 10.3 Å². The van der Waals surface area contributed by atoms with E-state index in [1.165, 1.54) is 4.57 Å². The highest BCUT2D eigenvalue weighted by atomic mass is 16.5. The molecule has 0 amide bonds. The van der Waals surface area contributed by atoms with Crippen molar-refractivity contribution < 1.29 is 9.53 Å². The predicted octanol–water partition coefficient (Wildman–Crippen LogP) is 3.88. The fourth-order valence-corrected chi connectivity index (χ4v) is 3.41. The van der Waals surface area contributed by atoms with E-state index in [1.54, 1.807) is 19.2 Å². The first-order chi connectivity index (χ1) is 14.2. The van der Waals surface area contributed by atoms with Gasteiger partial charge < -0.3 is 4.74 Å². The zero-order chi connectivity index (χ0) is 20.2. The quantitative estimate of drug-likeness (QED) is 0.474. The van der Waals surface area contributed by atoms with Gasteiger partial charge in [-0.25, -0.2) is 4.98 Å². The highest BCUT2D eigenvalue weighted by Crippen LogP contribution is 2.20. The molecule has 1 heterocycles. The largest absolute Gasteiger partial charge is 0.496 e. The monoisotopic (exact) mass is 384 g/mol. The van der Waals surface area contributed by atoms with E-state index in [0.29, 0.717) is 34.5 Å². The van der Waals surface area contributed by atoms with Crippen LogP contribution >= 0.6 is 0 Å². The summed E-state index contributed by atoms with van der Waals surface area (Å²) in [4.78, 5) is 30.6. The second-order valence-corrected chi connectivity index (χ2v) is 6.72. The number of carbonyl (C=O) groups excluding carboxylic acids is 1. The SMILES string of the molecule is COc1ccccc1Cc1nc2ccccc2n(CC(=O)c2ccccc2)c1=O. The summed E-state index contributed by atoms with van der Waals surface area (Å²) in [6, 6.07) is 23.9. The first-order valence-electron chi connectivity index (χ1n) is 9.36. The number of aromatic nitrogens is 2. The molecular weight excluding hydrogens is 364 g/mol. The Bertz CT molecular complexity index is 1230. The maximum Gasteiger partial charge on any atom is 0.273 e. The van der Waals surface area contributed by atoms with Crippen LogP contribution in [0.3, 0.4) is 0 Å². The Morgan fingerprint density at radius 3 is 2.41 bits per heavy atom. The van der Waals surface area contributed by atoms with Crippen molar-refractivity contribution in [3.8, 4) is 5.75 Å². The van der Waals surface area contributed by atoms with Gasteiger partial charge in [0, 0.05) is 17.5 Å². The lowest BCUT2D eigenvalue weighted by Crippen LogP contribution is -2.29. The molecule has 0 atom stereocenters. The van der Waals surface area contributed by atoms with Crippen LogP contribution in [0.1, 0.15) is 21.6 Å². The van der Waals surface area contributed by atoms with Crippen molar-refractivity contribution in [1.29, 1.82) is 0 Å². The molecule has 0 radical (unpaired) electrons. The lowest BCUT2D eigenvalue weighted by Gasteiger charge is -2.13. The fraction of sp³-hybridized carbons (Fsp3) is 0.125. The zero-order valence-electron chi connectivity index (χ0n) is 16.0. The van der Waals surface area contributed by atoms with Crippen LogP contribution in [0.4, 0.5) is 0 Å². The van der Waals surface area contributed by atoms with Crippen LogP contribution in [0.25, 0.3) is 11.0 Å². The molecule has 0 N–H and O–H groups in total. The number of fused-ring (bicyclic) bond motifs is 1. The van der Waals surface area contributed by atoms with Crippen LogP contribution in [0, 0.1) is 0 Å². The van der Waals surface area contributed by atoms with Crippen LogP contribution in [-0.2, 0) is 13.0 Å². The lowest BCUT2D eigenvalue weighted by atomic mass is 10.1. The molecule has 4 aromatic rings. The normalized spacial score (nSPS) is 10.8. The summed E-state index contributed by atoms with van der Waals surface area (Å²) in [5.41, 5.74) is 2.89. The minimum atomic E-state index is -0.265. The Morgan fingerprint density at radius 2 is 1.62 bits per heavy atom. The molecule has 0 saturated heterocycles. The highest BCUT2D eigenvalue weighted by Gasteiger charge is 2.16. The van der Waals surface area contributed by atoms with Crippen LogP contribution in [0.5, 0.6) is 5.75 Å². The topological polar surface area (TPSA) is 61.2 Å². The molecule has 0 spiro atoms. The maximum absolute atomic E-state index is 13.3. The number of methoxy groups -OCH3 is 1. The number of nitrogens with zero attached hydrogens (tertiary/aromatic N) is 2. The molecule has 29 heavy (non-hydrogen) atoms. The van der Waals surface area contributed by atoms with Gasteiger partial charge in [-0.2, -0.15) is 0 Å². The Morgan fingerprint density at radius 1 is 0.931 bits per heavy atom. The van der Waals surface area contributed by atoms with Gasteiger partial charge in [0.05, 0.1) is 24.7 Å². The molecular formula is C24H20N2O3. The number of ketones is 1. The molecule has 3 aromatic carbocycles. The third-order valence-electron chi connectivity index (χ3n) is 4.87. The standard InChI is InChI=1S/C24H20N2O3/c1-29-23-14-8-5-11-18(23)15-20-24(28)26(21-13-7-6-12-19(21)25-20)16-22(27)17-9-3-2-4-10-17/h2-14H,15-16H2,1H3. The van der Waals surface area contributed by atoms with Gasteiger partial charge in [0.25, 0.3) is 5.56 Å². The molecule has 144 valence electrons. The number of rotatable bonds is 6. The van der Waals surface area contributed by atoms with E-state index in [1.807, 2.05) is 66.7 Å². The van der Waals surface area contributed by atoms with Crippen LogP contribution in [0.15, 0.2) is 83.7 Å². The second-order valence-electron chi connectivity index (χ2n) is 6.72. The molecule has 0 saturated carbocycles. The van der Waals surface area contributed by atoms with E-state index in [-0.39, 0.29) is 17.9 Å². The molecule has 5 nitrogen and oxygen atoms in total. The van der Waals surface area contributed by atoms with Gasteiger partial charge in [0.2, 0.25) is 0 Å². The van der Waals surface area contributed by atoms with Crippen molar-refractivity contribution in [2.75, 3.05) is 7.11 Å². The van der Waals surface area contributed by atoms with Crippen molar-refractivity contribution in [3.63, 3.8) is 0 Å². The summed E-state index contributed by atoms with van der Waals surface area (Å²) < 4.78 is 6.92. The van der Waals surface area contributed by atoms with Crippen molar-refractivity contribution >= 4 is 16.8 Å². The number of hydrogen-bond acceptors (Lipinski definition) is 4. The molecule has 4 rings (SSSR count). The van der Waals surface area contributed by atoms with E-state index >= 15 is 0 Å². The third kappa shape index (κ3) is 3.80. The van der Waals surface area contributed by atoms with E-state index < -0.39 is 0 Å². The first-order valence-corrected chi connectivity index (χ1v) is 9.36. The molecule has 0 aliphatic rings. The van der Waals surface area contributed by atoms with Gasteiger partial charge in [0.1, 0.15) is 11.4 Å². The van der Waals surface area contributed by atoms with Gasteiger partial charge >= 0.3 is 0 Å². The molecule has 0 unspecified atom stereocenters. The molecule has 5 heteroatoms. The summed E-state index contributed by atoms with van der Waals surface area (Å²) in [5.74, 6) is 0.584. The Kier molecular flexibility index (Phi) is 5.20. The van der Waals surface area contributed by atoms with Crippen LogP contribution in [0.2, 0.25) is 0 Å². The number of para-hydroxylation sites is 3. The van der Waals surface area contributed by atoms with Gasteiger partial charge in [-0.05, 0) is 18.2 Å². The molecule has 0 aliphatic carbocycles. The summed E-state index contributed by atoms with van der Waals surface area (Å²) in [5, 5.41) is 0. The minimum absolute atomic E-state index is 0.0369. The Hall–Kier alpha value is -3.73. The van der Waals surface area contributed by atoms with Crippen molar-refractivity contribution in [2.45, 2.75) is 13.0 Å². The molecule has 0 bridgehead atoms. The van der Waals surface area contributed by atoms with Gasteiger partial charge in [-0.3, -0.25) is 14.2 Å². The van der Waals surface area contributed by atoms with E-state index in [4.69, 9.17) is 4.74 Å². The van der Waals surface area contributed by atoms with Crippen LogP contribution in [-0.4, -0.2) is 22.4 Å². The number of carbonyl (C=O) groups is 1. The molecule has 1 aromatic heterocycles. The van der Waals surface area contributed by atoms with Gasteiger partial charge in [-0.1, -0.05) is 60.7 Å². The minimum Gasteiger partial charge on any atom is -0.496 e.